The van der Waals surface area contributed by atoms with Crippen LogP contribution in [0.4, 0.5) is 4.39 Å². The van der Waals surface area contributed by atoms with Gasteiger partial charge in [-0.05, 0) is 85.6 Å². The van der Waals surface area contributed by atoms with Gasteiger partial charge in [0.05, 0.1) is 12.1 Å². The normalized spacial score (nSPS) is 29.2. The first kappa shape index (κ1) is 20.1. The minimum atomic E-state index is -0.363. The molecule has 4 bridgehead atoms. The first-order valence-electron chi connectivity index (χ1n) is 11.1. The number of halogens is 2. The lowest BCUT2D eigenvalue weighted by Gasteiger charge is -2.54. The Labute approximate surface area is 182 Å². The van der Waals surface area contributed by atoms with Crippen LogP contribution >= 0.6 is 11.6 Å². The second kappa shape index (κ2) is 8.39. The number of benzene rings is 2. The molecule has 0 radical (unpaired) electrons. The van der Waals surface area contributed by atoms with Crippen molar-refractivity contribution in [3.63, 3.8) is 0 Å². The van der Waals surface area contributed by atoms with Crippen LogP contribution in [0, 0.1) is 29.5 Å². The molecule has 0 saturated heterocycles. The van der Waals surface area contributed by atoms with Crippen molar-refractivity contribution >= 4 is 11.6 Å². The number of nitrogens with one attached hydrogen (secondary N) is 1. The first-order valence-corrected chi connectivity index (χ1v) is 11.4. The van der Waals surface area contributed by atoms with Crippen molar-refractivity contribution in [2.24, 2.45) is 23.7 Å². The Kier molecular flexibility index (Phi) is 5.63. The molecule has 4 fully saturated rings. The van der Waals surface area contributed by atoms with E-state index >= 15 is 0 Å². The van der Waals surface area contributed by atoms with E-state index in [4.69, 9.17) is 21.1 Å². The molecule has 4 aliphatic rings. The van der Waals surface area contributed by atoms with Gasteiger partial charge < -0.3 is 14.8 Å². The summed E-state index contributed by atoms with van der Waals surface area (Å²) in [5, 5.41) is 4.23. The van der Waals surface area contributed by atoms with E-state index in [2.05, 4.69) is 11.4 Å². The lowest BCUT2D eigenvalue weighted by molar-refractivity contribution is -0.0142. The summed E-state index contributed by atoms with van der Waals surface area (Å²) in [6, 6.07) is 11.3. The predicted molar refractivity (Wildman–Crippen MR) is 116 cm³/mol. The van der Waals surface area contributed by atoms with Crippen molar-refractivity contribution in [3.8, 4) is 11.5 Å². The number of hydrogen-bond donors (Lipinski definition) is 1. The summed E-state index contributed by atoms with van der Waals surface area (Å²) in [6.07, 6.45) is 7.15. The number of methoxy groups -OCH3 is 1. The molecule has 5 heteroatoms. The Balaban J connectivity index is 1.23. The maximum Gasteiger partial charge on any atom is 0.161 e. The molecule has 0 amide bonds. The van der Waals surface area contributed by atoms with Gasteiger partial charge in [-0.2, -0.15) is 0 Å². The monoisotopic (exact) mass is 429 g/mol. The van der Waals surface area contributed by atoms with Crippen molar-refractivity contribution in [2.45, 2.75) is 51.3 Å². The quantitative estimate of drug-likeness (QED) is 0.587. The summed E-state index contributed by atoms with van der Waals surface area (Å²) in [7, 11) is 1.63. The second-order valence-electron chi connectivity index (χ2n) is 9.31. The van der Waals surface area contributed by atoms with Crippen molar-refractivity contribution in [1.82, 2.24) is 5.32 Å². The molecule has 0 heterocycles. The summed E-state index contributed by atoms with van der Waals surface area (Å²) in [4.78, 5) is 0. The van der Waals surface area contributed by atoms with Gasteiger partial charge in [-0.1, -0.05) is 23.7 Å². The molecule has 3 nitrogen and oxygen atoms in total. The van der Waals surface area contributed by atoms with E-state index in [9.17, 15) is 4.39 Å². The van der Waals surface area contributed by atoms with Gasteiger partial charge in [-0.3, -0.25) is 0 Å². The molecule has 2 aromatic rings. The molecule has 2 aromatic carbocycles. The molecule has 6 rings (SSSR count). The highest BCUT2D eigenvalue weighted by molar-refractivity contribution is 6.31. The highest BCUT2D eigenvalue weighted by Crippen LogP contribution is 2.53. The first-order chi connectivity index (χ1) is 14.6. The smallest absolute Gasteiger partial charge is 0.161 e. The van der Waals surface area contributed by atoms with Crippen molar-refractivity contribution < 1.29 is 13.9 Å². The summed E-state index contributed by atoms with van der Waals surface area (Å²) in [6.45, 7) is 0.899. The van der Waals surface area contributed by atoms with E-state index in [1.54, 1.807) is 19.2 Å². The van der Waals surface area contributed by atoms with Gasteiger partial charge in [0.1, 0.15) is 12.4 Å². The SMILES string of the molecule is COc1cc(CNC2C3CC4CC(C3)CC2C4)ccc1OCc1c(F)cccc1Cl. The van der Waals surface area contributed by atoms with E-state index in [1.165, 1.54) is 43.7 Å². The van der Waals surface area contributed by atoms with Crippen molar-refractivity contribution in [3.05, 3.63) is 58.4 Å². The van der Waals surface area contributed by atoms with Crippen LogP contribution in [0.25, 0.3) is 0 Å². The van der Waals surface area contributed by atoms with Gasteiger partial charge in [0.15, 0.2) is 11.5 Å². The van der Waals surface area contributed by atoms with Crippen molar-refractivity contribution in [1.29, 1.82) is 0 Å². The Morgan fingerprint density at radius 3 is 2.40 bits per heavy atom. The van der Waals surface area contributed by atoms with Crippen LogP contribution in [0.3, 0.4) is 0 Å². The number of hydrogen-bond acceptors (Lipinski definition) is 3. The van der Waals surface area contributed by atoms with Crippen molar-refractivity contribution in [2.75, 3.05) is 7.11 Å². The fourth-order valence-electron chi connectivity index (χ4n) is 6.26. The largest absolute Gasteiger partial charge is 0.493 e. The molecule has 30 heavy (non-hydrogen) atoms. The van der Waals surface area contributed by atoms with E-state index in [0.29, 0.717) is 28.1 Å². The zero-order chi connectivity index (χ0) is 20.7. The molecule has 1 N–H and O–H groups in total. The molecule has 0 aromatic heterocycles. The van der Waals surface area contributed by atoms with Gasteiger partial charge >= 0.3 is 0 Å². The van der Waals surface area contributed by atoms with Gasteiger partial charge in [0, 0.05) is 18.2 Å². The highest BCUT2D eigenvalue weighted by atomic mass is 35.5. The zero-order valence-corrected chi connectivity index (χ0v) is 18.1. The molecular formula is C25H29ClFNO2. The third kappa shape index (κ3) is 3.92. The van der Waals surface area contributed by atoms with Crippen LogP contribution in [0.15, 0.2) is 36.4 Å². The number of ether oxygens (including phenoxy) is 2. The minimum absolute atomic E-state index is 0.0627. The van der Waals surface area contributed by atoms with E-state index < -0.39 is 0 Å². The lowest BCUT2D eigenvalue weighted by atomic mass is 9.54. The Morgan fingerprint density at radius 2 is 1.73 bits per heavy atom. The zero-order valence-electron chi connectivity index (χ0n) is 17.4. The van der Waals surface area contributed by atoms with Crippen LogP contribution in [-0.4, -0.2) is 13.2 Å². The Morgan fingerprint density at radius 1 is 1.00 bits per heavy atom. The van der Waals surface area contributed by atoms with Crippen LogP contribution < -0.4 is 14.8 Å². The molecule has 0 atom stereocenters. The Bertz CT molecular complexity index is 870. The van der Waals surface area contributed by atoms with Crippen LogP contribution in [0.2, 0.25) is 5.02 Å². The average molecular weight is 430 g/mol. The highest BCUT2D eigenvalue weighted by Gasteiger charge is 2.47. The van der Waals surface area contributed by atoms with E-state index in [1.807, 2.05) is 12.1 Å². The lowest BCUT2D eigenvalue weighted by Crippen LogP contribution is -2.54. The summed E-state index contributed by atoms with van der Waals surface area (Å²) >= 11 is 6.10. The third-order valence-corrected chi connectivity index (χ3v) is 7.78. The summed E-state index contributed by atoms with van der Waals surface area (Å²) in [5.41, 5.74) is 1.53. The van der Waals surface area contributed by atoms with Crippen LogP contribution in [0.5, 0.6) is 11.5 Å². The topological polar surface area (TPSA) is 30.5 Å². The second-order valence-corrected chi connectivity index (χ2v) is 9.72. The molecule has 0 unspecified atom stereocenters. The molecule has 160 valence electrons. The summed E-state index contributed by atoms with van der Waals surface area (Å²) < 4.78 is 25.4. The Hall–Kier alpha value is -1.78. The van der Waals surface area contributed by atoms with Crippen LogP contribution in [-0.2, 0) is 13.2 Å². The maximum absolute atomic E-state index is 14.0. The number of rotatable bonds is 7. The van der Waals surface area contributed by atoms with Gasteiger partial charge in [-0.25, -0.2) is 4.39 Å². The van der Waals surface area contributed by atoms with Gasteiger partial charge in [0.2, 0.25) is 0 Å². The molecule has 0 spiro atoms. The maximum atomic E-state index is 14.0. The van der Waals surface area contributed by atoms with E-state index in [-0.39, 0.29) is 12.4 Å². The minimum Gasteiger partial charge on any atom is -0.493 e. The predicted octanol–water partition coefficient (Wildman–Crippen LogP) is 5.98. The van der Waals surface area contributed by atoms with Crippen LogP contribution in [0.1, 0.15) is 43.2 Å². The van der Waals surface area contributed by atoms with E-state index in [0.717, 1.165) is 30.2 Å². The third-order valence-electron chi connectivity index (χ3n) is 7.43. The summed E-state index contributed by atoms with van der Waals surface area (Å²) in [5.74, 6) is 4.59. The fourth-order valence-corrected chi connectivity index (χ4v) is 6.47. The standard InChI is InChI=1S/C25H29ClFNO2/c1-29-24-12-15(5-6-23(24)30-14-20-21(26)3-2-4-22(20)27)13-28-25-18-8-16-7-17(10-18)11-19(25)9-16/h2-6,12,16-19,25,28H,7-11,13-14H2,1H3. The molecular weight excluding hydrogens is 401 g/mol. The molecule has 4 saturated carbocycles. The average Bonchev–Trinajstić information content (AvgIpc) is 2.73. The molecule has 0 aliphatic heterocycles. The fraction of sp³-hybridized carbons (Fsp3) is 0.520. The van der Waals surface area contributed by atoms with Gasteiger partial charge in [0.25, 0.3) is 0 Å². The van der Waals surface area contributed by atoms with Gasteiger partial charge in [-0.15, -0.1) is 0 Å². The molecule has 4 aliphatic carbocycles.